The number of hydrogen-bond donors (Lipinski definition) is 0. The molecule has 0 amide bonds. The molecule has 0 radical (unpaired) electrons. The van der Waals surface area contributed by atoms with Crippen LogP contribution in [0.5, 0.6) is 0 Å². The van der Waals surface area contributed by atoms with Crippen molar-refractivity contribution >= 4 is 9.84 Å². The monoisotopic (exact) mass is 377 g/mol. The molecule has 9 heteroatoms. The second-order valence-corrected chi connectivity index (χ2v) is 8.15. The summed E-state index contributed by atoms with van der Waals surface area (Å²) in [5.74, 6) is -2.58. The molecule has 0 unspecified atom stereocenters. The van der Waals surface area contributed by atoms with Gasteiger partial charge in [0, 0.05) is 12.2 Å². The highest BCUT2D eigenvalue weighted by molar-refractivity contribution is 7.90. The van der Waals surface area contributed by atoms with E-state index in [4.69, 9.17) is 0 Å². The minimum atomic E-state index is -4.79. The van der Waals surface area contributed by atoms with Crippen molar-refractivity contribution in [3.05, 3.63) is 35.5 Å². The van der Waals surface area contributed by atoms with Crippen molar-refractivity contribution in [2.75, 3.05) is 6.26 Å². The van der Waals surface area contributed by atoms with Crippen LogP contribution < -0.4 is 0 Å². The molecule has 1 heterocycles. The van der Waals surface area contributed by atoms with Crippen LogP contribution >= 0.6 is 0 Å². The van der Waals surface area contributed by atoms with Gasteiger partial charge in [-0.15, -0.1) is 0 Å². The van der Waals surface area contributed by atoms with Crippen molar-refractivity contribution < 1.29 is 30.5 Å². The Hall–Kier alpha value is -1.90. The van der Waals surface area contributed by atoms with Gasteiger partial charge in [-0.3, -0.25) is 0 Å². The first kappa shape index (κ1) is 17.9. The maximum Gasteiger partial charge on any atom is 0.453 e. The predicted octanol–water partition coefficient (Wildman–Crippen LogP) is 4.56. The molecule has 4 nitrogen and oxygen atoms in total. The lowest BCUT2D eigenvalue weighted by molar-refractivity contribution is -0.154. The molecule has 0 aliphatic heterocycles. The topological polar surface area (TPSA) is 60.2 Å². The Labute approximate surface area is 141 Å². The summed E-state index contributed by atoms with van der Waals surface area (Å²) < 4.78 is 81.6. The number of benzene rings is 1. The van der Waals surface area contributed by atoms with E-state index in [1.54, 1.807) is 0 Å². The minimum absolute atomic E-state index is 0.0969. The third-order valence-electron chi connectivity index (χ3n) is 4.34. The van der Waals surface area contributed by atoms with Gasteiger partial charge in [-0.05, 0) is 30.5 Å². The third kappa shape index (κ3) is 3.42. The number of rotatable bonds is 3. The van der Waals surface area contributed by atoms with Crippen molar-refractivity contribution in [2.24, 2.45) is 0 Å². The number of hydrogen-bond acceptors (Lipinski definition) is 4. The van der Waals surface area contributed by atoms with Gasteiger partial charge in [0.25, 0.3) is 0 Å². The molecule has 1 aliphatic rings. The zero-order valence-corrected chi connectivity index (χ0v) is 14.0. The van der Waals surface area contributed by atoms with E-state index in [1.807, 2.05) is 0 Å². The van der Waals surface area contributed by atoms with Gasteiger partial charge in [-0.2, -0.15) is 13.2 Å². The highest BCUT2D eigenvalue weighted by atomic mass is 32.2. The number of halogens is 4. The van der Waals surface area contributed by atoms with E-state index in [2.05, 4.69) is 9.68 Å². The van der Waals surface area contributed by atoms with Crippen LogP contribution in [0, 0.1) is 5.82 Å². The fourth-order valence-corrected chi connectivity index (χ4v) is 3.94. The molecule has 0 bridgehead atoms. The first-order valence-corrected chi connectivity index (χ1v) is 9.55. The summed E-state index contributed by atoms with van der Waals surface area (Å²) in [6, 6.07) is 2.90. The molecule has 0 spiro atoms. The first-order valence-electron chi connectivity index (χ1n) is 7.66. The molecule has 25 heavy (non-hydrogen) atoms. The van der Waals surface area contributed by atoms with Crippen molar-refractivity contribution in [3.8, 4) is 11.1 Å². The van der Waals surface area contributed by atoms with Crippen molar-refractivity contribution in [2.45, 2.75) is 42.7 Å². The molecule has 3 rings (SSSR count). The predicted molar refractivity (Wildman–Crippen MR) is 81.2 cm³/mol. The van der Waals surface area contributed by atoms with Crippen LogP contribution in [0.15, 0.2) is 27.6 Å². The molecule has 1 fully saturated rings. The summed E-state index contributed by atoms with van der Waals surface area (Å²) in [7, 11) is -3.82. The molecule has 0 atom stereocenters. The Morgan fingerprint density at radius 3 is 2.36 bits per heavy atom. The molecular weight excluding hydrogens is 362 g/mol. The van der Waals surface area contributed by atoms with Crippen molar-refractivity contribution in [1.82, 2.24) is 5.16 Å². The Balaban J connectivity index is 2.18. The highest BCUT2D eigenvalue weighted by Crippen LogP contribution is 2.45. The van der Waals surface area contributed by atoms with Gasteiger partial charge in [0.15, 0.2) is 9.84 Å². The normalized spacial score (nSPS) is 16.5. The fraction of sp³-hybridized carbons (Fsp3) is 0.438. The fourth-order valence-electron chi connectivity index (χ4n) is 3.21. The summed E-state index contributed by atoms with van der Waals surface area (Å²) >= 11 is 0. The summed E-state index contributed by atoms with van der Waals surface area (Å²) in [6.45, 7) is 0. The SMILES string of the molecule is CS(=O)(=O)c1ccc(-c2c(C3CCCC3)noc2C(F)(F)F)cc1F. The van der Waals surface area contributed by atoms with Crippen LogP contribution in [0.2, 0.25) is 0 Å². The molecule has 0 saturated heterocycles. The van der Waals surface area contributed by atoms with E-state index in [0.29, 0.717) is 12.8 Å². The quantitative estimate of drug-likeness (QED) is 0.736. The van der Waals surface area contributed by atoms with Crippen LogP contribution in [-0.2, 0) is 16.0 Å². The molecule has 136 valence electrons. The Kier molecular flexibility index (Phi) is 4.38. The Morgan fingerprint density at radius 1 is 1.20 bits per heavy atom. The van der Waals surface area contributed by atoms with Gasteiger partial charge in [0.2, 0.25) is 5.76 Å². The van der Waals surface area contributed by atoms with Crippen LogP contribution in [0.4, 0.5) is 17.6 Å². The van der Waals surface area contributed by atoms with E-state index >= 15 is 0 Å². The van der Waals surface area contributed by atoms with E-state index in [-0.39, 0.29) is 22.7 Å². The summed E-state index contributed by atoms with van der Waals surface area (Å²) in [6.07, 6.45) is -0.846. The van der Waals surface area contributed by atoms with Crippen LogP contribution in [-0.4, -0.2) is 19.8 Å². The standard InChI is InChI=1S/C16H15F4NO3S/c1-25(22,23)12-7-6-10(8-11(12)17)13-14(9-4-2-3-5-9)21-24-15(13)16(18,19)20/h6-9H,2-5H2,1H3. The van der Waals surface area contributed by atoms with Gasteiger partial charge in [0.05, 0.1) is 11.3 Å². The summed E-state index contributed by atoms with van der Waals surface area (Å²) in [5, 5.41) is 3.61. The smallest absolute Gasteiger partial charge is 0.351 e. The van der Waals surface area contributed by atoms with Crippen molar-refractivity contribution in [3.63, 3.8) is 0 Å². The Morgan fingerprint density at radius 2 is 1.84 bits per heavy atom. The zero-order valence-electron chi connectivity index (χ0n) is 13.2. The lowest BCUT2D eigenvalue weighted by Gasteiger charge is -2.11. The molecular formula is C16H15F4NO3S. The minimum Gasteiger partial charge on any atom is -0.351 e. The van der Waals surface area contributed by atoms with E-state index in [0.717, 1.165) is 37.3 Å². The maximum atomic E-state index is 14.2. The molecule has 1 aromatic carbocycles. The zero-order chi connectivity index (χ0) is 18.4. The van der Waals surface area contributed by atoms with E-state index in [9.17, 15) is 26.0 Å². The second kappa shape index (κ2) is 6.12. The average molecular weight is 377 g/mol. The lowest BCUT2D eigenvalue weighted by atomic mass is 9.94. The third-order valence-corrected chi connectivity index (χ3v) is 5.47. The van der Waals surface area contributed by atoms with Gasteiger partial charge >= 0.3 is 6.18 Å². The average Bonchev–Trinajstić information content (AvgIpc) is 3.14. The van der Waals surface area contributed by atoms with Gasteiger partial charge in [0.1, 0.15) is 10.7 Å². The lowest BCUT2D eigenvalue weighted by Crippen LogP contribution is -2.07. The Bertz CT molecular complexity index is 897. The molecule has 1 aromatic heterocycles. The molecule has 0 N–H and O–H groups in total. The molecule has 2 aromatic rings. The number of nitrogens with zero attached hydrogens (tertiary/aromatic N) is 1. The number of alkyl halides is 3. The molecule has 1 aliphatic carbocycles. The molecule has 1 saturated carbocycles. The van der Waals surface area contributed by atoms with Crippen molar-refractivity contribution in [1.29, 1.82) is 0 Å². The first-order chi connectivity index (χ1) is 11.6. The van der Waals surface area contributed by atoms with Gasteiger partial charge in [-0.1, -0.05) is 24.1 Å². The summed E-state index contributed by atoms with van der Waals surface area (Å²) in [5.41, 5.74) is -0.255. The van der Waals surface area contributed by atoms with Crippen LogP contribution in [0.1, 0.15) is 43.1 Å². The van der Waals surface area contributed by atoms with Crippen LogP contribution in [0.25, 0.3) is 11.1 Å². The van der Waals surface area contributed by atoms with Crippen LogP contribution in [0.3, 0.4) is 0 Å². The maximum absolute atomic E-state index is 14.2. The van der Waals surface area contributed by atoms with E-state index in [1.165, 1.54) is 0 Å². The number of aromatic nitrogens is 1. The summed E-state index contributed by atoms with van der Waals surface area (Å²) in [4.78, 5) is -0.566. The van der Waals surface area contributed by atoms with Gasteiger partial charge in [-0.25, -0.2) is 12.8 Å². The van der Waals surface area contributed by atoms with E-state index < -0.39 is 32.5 Å². The highest BCUT2D eigenvalue weighted by Gasteiger charge is 2.42. The second-order valence-electron chi connectivity index (χ2n) is 6.17. The largest absolute Gasteiger partial charge is 0.453 e. The number of sulfone groups is 1. The van der Waals surface area contributed by atoms with Gasteiger partial charge < -0.3 is 4.52 Å².